The van der Waals surface area contributed by atoms with Gasteiger partial charge in [-0.15, -0.1) is 0 Å². The van der Waals surface area contributed by atoms with Gasteiger partial charge in [0.25, 0.3) is 0 Å². The Morgan fingerprint density at radius 2 is 1.65 bits per heavy atom. The van der Waals surface area contributed by atoms with E-state index in [0.717, 1.165) is 11.1 Å². The van der Waals surface area contributed by atoms with E-state index in [9.17, 15) is 19.5 Å². The number of aliphatic carboxylic acids is 1. The zero-order valence-corrected chi connectivity index (χ0v) is 19.5. The standard InChI is InChI=1S/C27H30N2O5/c1-17-13-29(16-26(17,2)24(31)32)23(30)27(11-12-27)15-28-25(33)34-14-22-20-9-5-3-7-18(20)19-8-4-6-10-21(19)22/h3-10,17,22H,11-16H2,1-2H3,(H,28,33)(H,31,32)/t17-,26-/m0/s1. The van der Waals surface area contributed by atoms with Crippen molar-refractivity contribution in [1.82, 2.24) is 10.2 Å². The fourth-order valence-corrected chi connectivity index (χ4v) is 5.43. The van der Waals surface area contributed by atoms with E-state index in [1.165, 1.54) is 11.1 Å². The highest BCUT2D eigenvalue weighted by Gasteiger charge is 2.56. The molecule has 1 heterocycles. The zero-order valence-electron chi connectivity index (χ0n) is 19.5. The van der Waals surface area contributed by atoms with E-state index in [1.54, 1.807) is 11.8 Å². The minimum Gasteiger partial charge on any atom is -0.481 e. The highest BCUT2D eigenvalue weighted by atomic mass is 16.5. The van der Waals surface area contributed by atoms with Gasteiger partial charge in [0.2, 0.25) is 5.91 Å². The Kier molecular flexibility index (Phi) is 5.38. The Balaban J connectivity index is 1.18. The lowest BCUT2D eigenvalue weighted by atomic mass is 9.81. The third-order valence-electron chi connectivity index (χ3n) is 8.10. The molecule has 0 spiro atoms. The van der Waals surface area contributed by atoms with Crippen LogP contribution in [0.15, 0.2) is 48.5 Å². The average molecular weight is 463 g/mol. The molecule has 2 fully saturated rings. The minimum atomic E-state index is -0.939. The van der Waals surface area contributed by atoms with Crippen molar-refractivity contribution >= 4 is 18.0 Å². The van der Waals surface area contributed by atoms with E-state index in [-0.39, 0.29) is 37.4 Å². The van der Waals surface area contributed by atoms with Crippen molar-refractivity contribution in [3.63, 3.8) is 0 Å². The molecular formula is C27H30N2O5. The number of amides is 2. The maximum Gasteiger partial charge on any atom is 0.407 e. The molecule has 5 rings (SSSR count). The summed E-state index contributed by atoms with van der Waals surface area (Å²) in [5.74, 6) is -1.09. The number of hydrogen-bond donors (Lipinski definition) is 2. The lowest BCUT2D eigenvalue weighted by Gasteiger charge is -2.25. The van der Waals surface area contributed by atoms with Crippen LogP contribution in [-0.4, -0.2) is 54.2 Å². The first-order valence-electron chi connectivity index (χ1n) is 11.9. The molecule has 2 atom stereocenters. The molecule has 0 radical (unpaired) electrons. The monoisotopic (exact) mass is 462 g/mol. The van der Waals surface area contributed by atoms with Crippen LogP contribution >= 0.6 is 0 Å². The van der Waals surface area contributed by atoms with Gasteiger partial charge in [-0.1, -0.05) is 55.5 Å². The van der Waals surface area contributed by atoms with E-state index in [2.05, 4.69) is 29.6 Å². The molecule has 2 N–H and O–H groups in total. The summed E-state index contributed by atoms with van der Waals surface area (Å²) in [6, 6.07) is 16.3. The number of ether oxygens (including phenoxy) is 1. The Morgan fingerprint density at radius 3 is 2.18 bits per heavy atom. The van der Waals surface area contributed by atoms with Crippen LogP contribution in [0.4, 0.5) is 4.79 Å². The number of nitrogens with one attached hydrogen (secondary N) is 1. The summed E-state index contributed by atoms with van der Waals surface area (Å²) in [5.41, 5.74) is 3.05. The number of carbonyl (C=O) groups excluding carboxylic acids is 2. The van der Waals surface area contributed by atoms with Gasteiger partial charge in [-0.05, 0) is 47.9 Å². The molecule has 0 bridgehead atoms. The Morgan fingerprint density at radius 1 is 1.06 bits per heavy atom. The first-order chi connectivity index (χ1) is 16.2. The molecule has 2 amide bonds. The number of rotatable bonds is 6. The van der Waals surface area contributed by atoms with Crippen molar-refractivity contribution in [2.75, 3.05) is 26.2 Å². The molecule has 0 unspecified atom stereocenters. The molecule has 1 saturated carbocycles. The second kappa shape index (κ2) is 8.15. The quantitative estimate of drug-likeness (QED) is 0.679. The number of alkyl carbamates (subject to hydrolysis) is 1. The highest BCUT2D eigenvalue weighted by molar-refractivity contribution is 5.88. The van der Waals surface area contributed by atoms with Gasteiger partial charge in [0.1, 0.15) is 6.61 Å². The van der Waals surface area contributed by atoms with Crippen molar-refractivity contribution < 1.29 is 24.2 Å². The number of likely N-dealkylation sites (tertiary alicyclic amines) is 1. The van der Waals surface area contributed by atoms with E-state index in [0.29, 0.717) is 19.4 Å². The summed E-state index contributed by atoms with van der Waals surface area (Å²) in [5, 5.41) is 12.4. The van der Waals surface area contributed by atoms with E-state index >= 15 is 0 Å². The third kappa shape index (κ3) is 3.63. The Hall–Kier alpha value is -3.35. The van der Waals surface area contributed by atoms with Crippen LogP contribution in [0, 0.1) is 16.7 Å². The maximum absolute atomic E-state index is 13.2. The molecule has 2 aliphatic carbocycles. The van der Waals surface area contributed by atoms with Gasteiger partial charge >= 0.3 is 12.1 Å². The summed E-state index contributed by atoms with van der Waals surface area (Å²) >= 11 is 0. The molecule has 178 valence electrons. The number of hydrogen-bond acceptors (Lipinski definition) is 4. The molecule has 34 heavy (non-hydrogen) atoms. The first kappa shape index (κ1) is 22.4. The maximum atomic E-state index is 13.2. The lowest BCUT2D eigenvalue weighted by molar-refractivity contribution is -0.149. The van der Waals surface area contributed by atoms with Crippen molar-refractivity contribution in [1.29, 1.82) is 0 Å². The molecule has 7 heteroatoms. The van der Waals surface area contributed by atoms with Crippen molar-refractivity contribution in [2.45, 2.75) is 32.6 Å². The normalized spacial score (nSPS) is 24.3. The molecule has 3 aliphatic rings. The van der Waals surface area contributed by atoms with Gasteiger partial charge in [-0.25, -0.2) is 4.79 Å². The minimum absolute atomic E-state index is 0.0190. The van der Waals surface area contributed by atoms with Crippen molar-refractivity contribution in [3.05, 3.63) is 59.7 Å². The van der Waals surface area contributed by atoms with Gasteiger partial charge in [0, 0.05) is 25.6 Å². The fraction of sp³-hybridized carbons (Fsp3) is 0.444. The summed E-state index contributed by atoms with van der Waals surface area (Å²) in [6.07, 6.45) is 0.833. The van der Waals surface area contributed by atoms with Crippen LogP contribution in [0.3, 0.4) is 0 Å². The number of carboxylic acids is 1. The van der Waals surface area contributed by atoms with E-state index < -0.39 is 22.9 Å². The van der Waals surface area contributed by atoms with Crippen LogP contribution in [0.1, 0.15) is 43.7 Å². The van der Waals surface area contributed by atoms with Crippen molar-refractivity contribution in [2.24, 2.45) is 16.7 Å². The van der Waals surface area contributed by atoms with Crippen LogP contribution < -0.4 is 5.32 Å². The molecule has 2 aromatic carbocycles. The lowest BCUT2D eigenvalue weighted by Crippen LogP contribution is -2.43. The van der Waals surface area contributed by atoms with Gasteiger partial charge in [0.05, 0.1) is 10.8 Å². The van der Waals surface area contributed by atoms with Gasteiger partial charge in [-0.3, -0.25) is 9.59 Å². The summed E-state index contributed by atoms with van der Waals surface area (Å²) < 4.78 is 5.60. The predicted octanol–water partition coefficient (Wildman–Crippen LogP) is 3.87. The molecular weight excluding hydrogens is 432 g/mol. The van der Waals surface area contributed by atoms with Crippen LogP contribution in [0.2, 0.25) is 0 Å². The molecule has 0 aromatic heterocycles. The second-order valence-electron chi connectivity index (χ2n) is 10.3. The average Bonchev–Trinajstić information content (AvgIpc) is 3.47. The Bertz CT molecular complexity index is 1110. The van der Waals surface area contributed by atoms with Gasteiger partial charge in [0.15, 0.2) is 0 Å². The van der Waals surface area contributed by atoms with E-state index in [1.807, 2.05) is 31.2 Å². The van der Waals surface area contributed by atoms with Crippen LogP contribution in [0.5, 0.6) is 0 Å². The molecule has 1 aliphatic heterocycles. The first-order valence-corrected chi connectivity index (χ1v) is 11.9. The SMILES string of the molecule is C[C@H]1CN(C(=O)C2(CNC(=O)OCC3c4ccccc4-c4ccccc43)CC2)C[C@]1(C)C(=O)O. The summed E-state index contributed by atoms with van der Waals surface area (Å²) in [7, 11) is 0. The Labute approximate surface area is 199 Å². The number of carboxylic acid groups (broad SMARTS) is 1. The van der Waals surface area contributed by atoms with Gasteiger partial charge in [-0.2, -0.15) is 0 Å². The molecule has 7 nitrogen and oxygen atoms in total. The molecule has 2 aromatic rings. The topological polar surface area (TPSA) is 95.9 Å². The van der Waals surface area contributed by atoms with E-state index in [4.69, 9.17) is 4.74 Å². The number of carbonyl (C=O) groups is 3. The third-order valence-corrected chi connectivity index (χ3v) is 8.10. The number of benzene rings is 2. The fourth-order valence-electron chi connectivity index (χ4n) is 5.43. The molecule has 1 saturated heterocycles. The van der Waals surface area contributed by atoms with Crippen LogP contribution in [-0.2, 0) is 14.3 Å². The summed E-state index contributed by atoms with van der Waals surface area (Å²) in [4.78, 5) is 39.1. The largest absolute Gasteiger partial charge is 0.481 e. The highest BCUT2D eigenvalue weighted by Crippen LogP contribution is 2.49. The number of fused-ring (bicyclic) bond motifs is 3. The second-order valence-corrected chi connectivity index (χ2v) is 10.3. The summed E-state index contributed by atoms with van der Waals surface area (Å²) in [6.45, 7) is 4.62. The smallest absolute Gasteiger partial charge is 0.407 e. The van der Waals surface area contributed by atoms with Crippen molar-refractivity contribution in [3.8, 4) is 11.1 Å². The number of nitrogens with zero attached hydrogens (tertiary/aromatic N) is 1. The van der Waals surface area contributed by atoms with Gasteiger partial charge < -0.3 is 20.1 Å². The van der Waals surface area contributed by atoms with Crippen LogP contribution in [0.25, 0.3) is 11.1 Å². The zero-order chi connectivity index (χ0) is 24.1. The predicted molar refractivity (Wildman–Crippen MR) is 126 cm³/mol.